The molecular weight excluding hydrogens is 260 g/mol. The minimum Gasteiger partial charge on any atom is -0.339 e. The highest BCUT2D eigenvalue weighted by atomic mass is 16.6. The van der Waals surface area contributed by atoms with Crippen LogP contribution in [0.25, 0.3) is 0 Å². The summed E-state index contributed by atoms with van der Waals surface area (Å²) < 4.78 is 0. The van der Waals surface area contributed by atoms with E-state index in [2.05, 4.69) is 5.43 Å². The van der Waals surface area contributed by atoms with Crippen LogP contribution < -0.4 is 11.3 Å². The zero-order valence-electron chi connectivity index (χ0n) is 11.2. The van der Waals surface area contributed by atoms with Gasteiger partial charge in [-0.05, 0) is 18.9 Å². The van der Waals surface area contributed by atoms with Crippen LogP contribution in [0.4, 0.5) is 11.4 Å². The topological polar surface area (TPSA) is 101 Å². The molecule has 0 bridgehead atoms. The Morgan fingerprint density at radius 1 is 1.25 bits per heavy atom. The van der Waals surface area contributed by atoms with E-state index in [4.69, 9.17) is 5.84 Å². The van der Waals surface area contributed by atoms with Gasteiger partial charge >= 0.3 is 0 Å². The molecule has 7 heteroatoms. The van der Waals surface area contributed by atoms with E-state index in [1.807, 2.05) is 0 Å². The summed E-state index contributed by atoms with van der Waals surface area (Å²) in [7, 11) is 0. The molecule has 1 aromatic rings. The van der Waals surface area contributed by atoms with E-state index in [0.717, 1.165) is 25.7 Å². The van der Waals surface area contributed by atoms with Crippen molar-refractivity contribution >= 4 is 17.3 Å². The average molecular weight is 278 g/mol. The standard InChI is InChI=1S/C13H18N4O3/c14-15-12-6-5-10(17(19)20)9-11(12)13(18)16-7-3-1-2-4-8-16/h5-6,9,15H,1-4,7-8,14H2. The predicted octanol–water partition coefficient (Wildman–Crippen LogP) is 1.90. The first-order valence-electron chi connectivity index (χ1n) is 6.68. The lowest BCUT2D eigenvalue weighted by atomic mass is 10.1. The molecule has 0 spiro atoms. The average Bonchev–Trinajstić information content (AvgIpc) is 2.74. The van der Waals surface area contributed by atoms with Crippen LogP contribution in [0.5, 0.6) is 0 Å². The van der Waals surface area contributed by atoms with Gasteiger partial charge in [0.1, 0.15) is 0 Å². The largest absolute Gasteiger partial charge is 0.339 e. The van der Waals surface area contributed by atoms with Crippen LogP contribution in [0, 0.1) is 10.1 Å². The highest BCUT2D eigenvalue weighted by Crippen LogP contribution is 2.24. The van der Waals surface area contributed by atoms with Crippen LogP contribution in [0.2, 0.25) is 0 Å². The van der Waals surface area contributed by atoms with Crippen molar-refractivity contribution in [2.24, 2.45) is 5.84 Å². The van der Waals surface area contributed by atoms with Crippen molar-refractivity contribution in [3.05, 3.63) is 33.9 Å². The Bertz CT molecular complexity index is 510. The van der Waals surface area contributed by atoms with Crippen molar-refractivity contribution in [1.29, 1.82) is 0 Å². The summed E-state index contributed by atoms with van der Waals surface area (Å²) in [5, 5.41) is 10.8. The number of non-ortho nitro benzene ring substituents is 1. The van der Waals surface area contributed by atoms with E-state index in [9.17, 15) is 14.9 Å². The Labute approximate surface area is 116 Å². The quantitative estimate of drug-likeness (QED) is 0.499. The number of nitrogen functional groups attached to an aromatic ring is 1. The molecule has 1 saturated heterocycles. The van der Waals surface area contributed by atoms with Crippen LogP contribution >= 0.6 is 0 Å². The van der Waals surface area contributed by atoms with E-state index in [-0.39, 0.29) is 17.2 Å². The summed E-state index contributed by atoms with van der Waals surface area (Å²) in [5.41, 5.74) is 2.98. The molecule has 1 aliphatic heterocycles. The van der Waals surface area contributed by atoms with Gasteiger partial charge in [-0.1, -0.05) is 12.8 Å². The molecule has 3 N–H and O–H groups in total. The van der Waals surface area contributed by atoms with Gasteiger partial charge < -0.3 is 10.3 Å². The zero-order valence-corrected chi connectivity index (χ0v) is 11.2. The second kappa shape index (κ2) is 6.33. The first kappa shape index (κ1) is 14.3. The number of likely N-dealkylation sites (tertiary alicyclic amines) is 1. The summed E-state index contributed by atoms with van der Waals surface area (Å²) in [6, 6.07) is 4.07. The minimum atomic E-state index is -0.514. The van der Waals surface area contributed by atoms with Gasteiger partial charge in [0.2, 0.25) is 0 Å². The molecule has 20 heavy (non-hydrogen) atoms. The highest BCUT2D eigenvalue weighted by molar-refractivity contribution is 6.00. The van der Waals surface area contributed by atoms with Crippen LogP contribution in [0.1, 0.15) is 36.0 Å². The van der Waals surface area contributed by atoms with Gasteiger partial charge in [-0.3, -0.25) is 20.8 Å². The van der Waals surface area contributed by atoms with Crippen molar-refractivity contribution in [3.8, 4) is 0 Å². The highest BCUT2D eigenvalue weighted by Gasteiger charge is 2.22. The Kier molecular flexibility index (Phi) is 4.52. The minimum absolute atomic E-state index is 0.109. The Morgan fingerprint density at radius 3 is 2.45 bits per heavy atom. The number of nitrogens with one attached hydrogen (secondary N) is 1. The second-order valence-electron chi connectivity index (χ2n) is 4.84. The first-order valence-corrected chi connectivity index (χ1v) is 6.68. The molecule has 1 heterocycles. The molecular formula is C13H18N4O3. The molecule has 1 fully saturated rings. The van der Waals surface area contributed by atoms with Crippen molar-refractivity contribution in [3.63, 3.8) is 0 Å². The summed E-state index contributed by atoms with van der Waals surface area (Å²) in [4.78, 5) is 24.6. The zero-order chi connectivity index (χ0) is 14.5. The molecule has 1 aromatic carbocycles. The number of carbonyl (C=O) groups is 1. The van der Waals surface area contributed by atoms with Crippen LogP contribution in [-0.4, -0.2) is 28.8 Å². The van der Waals surface area contributed by atoms with Crippen LogP contribution in [-0.2, 0) is 0 Å². The molecule has 0 aliphatic carbocycles. The molecule has 7 nitrogen and oxygen atoms in total. The van der Waals surface area contributed by atoms with Crippen LogP contribution in [0.15, 0.2) is 18.2 Å². The second-order valence-corrected chi connectivity index (χ2v) is 4.84. The van der Waals surface area contributed by atoms with E-state index >= 15 is 0 Å². The number of benzene rings is 1. The molecule has 0 aromatic heterocycles. The summed E-state index contributed by atoms with van der Waals surface area (Å²) in [5.74, 6) is 5.18. The maximum absolute atomic E-state index is 12.5. The lowest BCUT2D eigenvalue weighted by molar-refractivity contribution is -0.384. The van der Waals surface area contributed by atoms with Gasteiger partial charge in [0, 0.05) is 25.2 Å². The normalized spacial score (nSPS) is 15.6. The number of carbonyl (C=O) groups excluding carboxylic acids is 1. The molecule has 108 valence electrons. The third kappa shape index (κ3) is 3.05. The summed E-state index contributed by atoms with van der Waals surface area (Å²) >= 11 is 0. The molecule has 0 saturated carbocycles. The van der Waals surface area contributed by atoms with Gasteiger partial charge in [0.25, 0.3) is 11.6 Å². The first-order chi connectivity index (χ1) is 9.63. The SMILES string of the molecule is NNc1ccc([N+](=O)[O-])cc1C(=O)N1CCCCCC1. The van der Waals surface area contributed by atoms with E-state index in [0.29, 0.717) is 18.8 Å². The molecule has 0 atom stereocenters. The van der Waals surface area contributed by atoms with Crippen molar-refractivity contribution in [2.75, 3.05) is 18.5 Å². The fourth-order valence-corrected chi connectivity index (χ4v) is 2.39. The predicted molar refractivity (Wildman–Crippen MR) is 75.3 cm³/mol. The monoisotopic (exact) mass is 278 g/mol. The number of nitro benzene ring substituents is 1. The molecule has 1 amide bonds. The third-order valence-corrected chi connectivity index (χ3v) is 3.49. The lowest BCUT2D eigenvalue weighted by Gasteiger charge is -2.21. The van der Waals surface area contributed by atoms with Gasteiger partial charge in [-0.2, -0.15) is 0 Å². The van der Waals surface area contributed by atoms with E-state index < -0.39 is 4.92 Å². The van der Waals surface area contributed by atoms with Crippen LogP contribution in [0.3, 0.4) is 0 Å². The number of hydrogen-bond acceptors (Lipinski definition) is 5. The molecule has 2 rings (SSSR count). The summed E-state index contributed by atoms with van der Waals surface area (Å²) in [6.45, 7) is 1.37. The fourth-order valence-electron chi connectivity index (χ4n) is 2.39. The van der Waals surface area contributed by atoms with E-state index in [1.54, 1.807) is 4.90 Å². The maximum atomic E-state index is 12.5. The summed E-state index contributed by atoms with van der Waals surface area (Å²) in [6.07, 6.45) is 4.15. The fraction of sp³-hybridized carbons (Fsp3) is 0.462. The molecule has 0 radical (unpaired) electrons. The van der Waals surface area contributed by atoms with Gasteiger partial charge in [-0.15, -0.1) is 0 Å². The number of nitro groups is 1. The van der Waals surface area contributed by atoms with Crippen molar-refractivity contribution in [2.45, 2.75) is 25.7 Å². The lowest BCUT2D eigenvalue weighted by Crippen LogP contribution is -2.32. The van der Waals surface area contributed by atoms with Gasteiger partial charge in [0.15, 0.2) is 0 Å². The maximum Gasteiger partial charge on any atom is 0.270 e. The molecule has 0 unspecified atom stereocenters. The van der Waals surface area contributed by atoms with Crippen molar-refractivity contribution < 1.29 is 9.72 Å². The number of nitrogens with zero attached hydrogens (tertiary/aromatic N) is 2. The van der Waals surface area contributed by atoms with Gasteiger partial charge in [0.05, 0.1) is 16.2 Å². The number of hydrogen-bond donors (Lipinski definition) is 2. The van der Waals surface area contributed by atoms with E-state index in [1.165, 1.54) is 18.2 Å². The Hall–Kier alpha value is -2.15. The van der Waals surface area contributed by atoms with Crippen molar-refractivity contribution in [1.82, 2.24) is 4.90 Å². The number of nitrogens with two attached hydrogens (primary N) is 1. The Morgan fingerprint density at radius 2 is 1.90 bits per heavy atom. The smallest absolute Gasteiger partial charge is 0.270 e. The number of anilines is 1. The third-order valence-electron chi connectivity index (χ3n) is 3.49. The Balaban J connectivity index is 2.31. The number of hydrazine groups is 1. The van der Waals surface area contributed by atoms with Gasteiger partial charge in [-0.25, -0.2) is 0 Å². The number of rotatable bonds is 3. The number of amides is 1. The molecule has 1 aliphatic rings.